The number of rotatable bonds is 4. The number of fused-ring (bicyclic) bond motifs is 2. The number of alkyl halides is 2. The predicted octanol–water partition coefficient (Wildman–Crippen LogP) is 5.41. The molecule has 0 saturated carbocycles. The van der Waals surface area contributed by atoms with Crippen molar-refractivity contribution in [3.63, 3.8) is 0 Å². The smallest absolute Gasteiger partial charge is 0.387 e. The van der Waals surface area contributed by atoms with Crippen molar-refractivity contribution in [1.29, 1.82) is 0 Å². The van der Waals surface area contributed by atoms with Crippen LogP contribution in [-0.4, -0.2) is 22.7 Å². The van der Waals surface area contributed by atoms with Crippen LogP contribution in [0.3, 0.4) is 0 Å². The van der Waals surface area contributed by atoms with Gasteiger partial charge in [0.05, 0.1) is 16.8 Å². The highest BCUT2D eigenvalue weighted by molar-refractivity contribution is 6.05. The standard InChI is InChI=1S/C22H17F2NO3/c23-22(24)28-18-11-4-1-6-13(18)12-14-7-5-9-16-19(21(26)27)15-8-2-3-10-17(15)25-20(14)16/h1-4,6,8,10-12,22H,5,7,9H2,(H,26,27)/b14-12-. The van der Waals surface area contributed by atoms with Crippen LogP contribution < -0.4 is 4.74 Å². The summed E-state index contributed by atoms with van der Waals surface area (Å²) in [4.78, 5) is 16.7. The first kappa shape index (κ1) is 18.1. The first-order chi connectivity index (χ1) is 13.5. The van der Waals surface area contributed by atoms with Crippen molar-refractivity contribution in [3.8, 4) is 5.75 Å². The Labute approximate surface area is 160 Å². The van der Waals surface area contributed by atoms with E-state index < -0.39 is 12.6 Å². The topological polar surface area (TPSA) is 59.4 Å². The SMILES string of the molecule is O=C(O)c1c2c(nc3ccccc13)/C(=C\c1ccccc1OC(F)F)CCC2. The van der Waals surface area contributed by atoms with E-state index in [0.29, 0.717) is 40.6 Å². The number of carbonyl (C=O) groups is 1. The Morgan fingerprint density at radius 3 is 2.64 bits per heavy atom. The zero-order chi connectivity index (χ0) is 19.7. The monoisotopic (exact) mass is 381 g/mol. The van der Waals surface area contributed by atoms with Gasteiger partial charge in [-0.1, -0.05) is 36.4 Å². The highest BCUT2D eigenvalue weighted by Gasteiger charge is 2.25. The summed E-state index contributed by atoms with van der Waals surface area (Å²) in [5.74, 6) is -0.908. The minimum Gasteiger partial charge on any atom is -0.478 e. The molecule has 1 aliphatic rings. The van der Waals surface area contributed by atoms with Crippen molar-refractivity contribution in [1.82, 2.24) is 4.98 Å². The number of carboxylic acid groups (broad SMARTS) is 1. The molecule has 4 rings (SSSR count). The van der Waals surface area contributed by atoms with Crippen LogP contribution in [0.4, 0.5) is 8.78 Å². The third kappa shape index (κ3) is 3.33. The van der Waals surface area contributed by atoms with Crippen molar-refractivity contribution < 1.29 is 23.4 Å². The molecule has 1 heterocycles. The molecule has 142 valence electrons. The maximum absolute atomic E-state index is 12.7. The lowest BCUT2D eigenvalue weighted by molar-refractivity contribution is -0.0499. The molecule has 6 heteroatoms. The minimum atomic E-state index is -2.92. The molecule has 3 aromatic rings. The van der Waals surface area contributed by atoms with E-state index in [9.17, 15) is 18.7 Å². The van der Waals surface area contributed by atoms with Crippen LogP contribution in [0.25, 0.3) is 22.6 Å². The second-order valence-electron chi connectivity index (χ2n) is 6.58. The third-order valence-electron chi connectivity index (χ3n) is 4.85. The van der Waals surface area contributed by atoms with Crippen molar-refractivity contribution >= 4 is 28.5 Å². The lowest BCUT2D eigenvalue weighted by Gasteiger charge is -2.22. The Hall–Kier alpha value is -3.28. The summed E-state index contributed by atoms with van der Waals surface area (Å²) in [7, 11) is 0. The van der Waals surface area contributed by atoms with E-state index in [1.807, 2.05) is 6.07 Å². The van der Waals surface area contributed by atoms with Crippen LogP contribution in [0.2, 0.25) is 0 Å². The van der Waals surface area contributed by atoms with Crippen molar-refractivity contribution in [2.45, 2.75) is 25.9 Å². The van der Waals surface area contributed by atoms with Gasteiger partial charge in [-0.15, -0.1) is 0 Å². The summed E-state index contributed by atoms with van der Waals surface area (Å²) in [6.07, 6.45) is 3.82. The summed E-state index contributed by atoms with van der Waals surface area (Å²) < 4.78 is 30.0. The molecular formula is C22H17F2NO3. The van der Waals surface area contributed by atoms with Gasteiger partial charge in [-0.05, 0) is 48.6 Å². The second kappa shape index (κ2) is 7.38. The second-order valence-corrected chi connectivity index (χ2v) is 6.58. The van der Waals surface area contributed by atoms with Crippen molar-refractivity contribution in [2.24, 2.45) is 0 Å². The van der Waals surface area contributed by atoms with Gasteiger partial charge in [-0.2, -0.15) is 8.78 Å². The number of carboxylic acids is 1. The van der Waals surface area contributed by atoms with Gasteiger partial charge in [0.15, 0.2) is 0 Å². The maximum Gasteiger partial charge on any atom is 0.387 e. The average molecular weight is 381 g/mol. The summed E-state index contributed by atoms with van der Waals surface area (Å²) in [6.45, 7) is -2.92. The zero-order valence-corrected chi connectivity index (χ0v) is 14.9. The van der Waals surface area contributed by atoms with Crippen LogP contribution in [0.1, 0.15) is 40.0 Å². The molecule has 0 fully saturated rings. The molecule has 1 aromatic heterocycles. The number of allylic oxidation sites excluding steroid dienone is 1. The molecule has 0 radical (unpaired) electrons. The van der Waals surface area contributed by atoms with Crippen molar-refractivity contribution in [2.75, 3.05) is 0 Å². The largest absolute Gasteiger partial charge is 0.478 e. The minimum absolute atomic E-state index is 0.0800. The molecule has 0 saturated heterocycles. The van der Waals surface area contributed by atoms with Gasteiger partial charge in [0.25, 0.3) is 0 Å². The molecule has 1 N–H and O–H groups in total. The number of benzene rings is 2. The van der Waals surface area contributed by atoms with E-state index in [1.165, 1.54) is 6.07 Å². The molecule has 0 aliphatic heterocycles. The molecule has 1 aliphatic carbocycles. The fourth-order valence-corrected chi connectivity index (χ4v) is 3.71. The van der Waals surface area contributed by atoms with Gasteiger partial charge >= 0.3 is 12.6 Å². The molecule has 0 unspecified atom stereocenters. The van der Waals surface area contributed by atoms with E-state index in [0.717, 1.165) is 12.0 Å². The molecule has 0 bridgehead atoms. The average Bonchev–Trinajstić information content (AvgIpc) is 2.67. The fraction of sp³-hybridized carbons (Fsp3) is 0.182. The number of aromatic carboxylic acids is 1. The van der Waals surface area contributed by atoms with Crippen molar-refractivity contribution in [3.05, 3.63) is 70.9 Å². The van der Waals surface area contributed by atoms with E-state index in [2.05, 4.69) is 4.74 Å². The number of halogens is 2. The van der Waals surface area contributed by atoms with Gasteiger partial charge in [-0.3, -0.25) is 0 Å². The maximum atomic E-state index is 12.7. The summed E-state index contributed by atoms with van der Waals surface area (Å²) in [5, 5.41) is 10.4. The molecule has 4 nitrogen and oxygen atoms in total. The number of pyridine rings is 1. The van der Waals surface area contributed by atoms with Crippen LogP contribution >= 0.6 is 0 Å². The molecule has 0 amide bonds. The number of hydrogen-bond acceptors (Lipinski definition) is 3. The quantitative estimate of drug-likeness (QED) is 0.656. The Bertz CT molecular complexity index is 1090. The van der Waals surface area contributed by atoms with E-state index in [1.54, 1.807) is 42.5 Å². The van der Waals surface area contributed by atoms with Gasteiger partial charge in [0.1, 0.15) is 5.75 Å². The van der Waals surface area contributed by atoms with Crippen LogP contribution in [-0.2, 0) is 6.42 Å². The van der Waals surface area contributed by atoms with Gasteiger partial charge in [0, 0.05) is 10.9 Å². The first-order valence-corrected chi connectivity index (χ1v) is 8.94. The normalized spacial score (nSPS) is 15.0. The predicted molar refractivity (Wildman–Crippen MR) is 103 cm³/mol. The van der Waals surface area contributed by atoms with Gasteiger partial charge < -0.3 is 9.84 Å². The Balaban J connectivity index is 1.91. The first-order valence-electron chi connectivity index (χ1n) is 8.94. The molecule has 2 aromatic carbocycles. The Morgan fingerprint density at radius 1 is 1.11 bits per heavy atom. The number of nitrogens with zero attached hydrogens (tertiary/aromatic N) is 1. The van der Waals surface area contributed by atoms with E-state index in [4.69, 9.17) is 4.98 Å². The Morgan fingerprint density at radius 2 is 1.86 bits per heavy atom. The highest BCUT2D eigenvalue weighted by atomic mass is 19.3. The molecule has 28 heavy (non-hydrogen) atoms. The lowest BCUT2D eigenvalue weighted by atomic mass is 9.86. The number of hydrogen-bond donors (Lipinski definition) is 1. The molecular weight excluding hydrogens is 364 g/mol. The van der Waals surface area contributed by atoms with E-state index >= 15 is 0 Å². The zero-order valence-electron chi connectivity index (χ0n) is 14.9. The van der Waals surface area contributed by atoms with Gasteiger partial charge in [0.2, 0.25) is 0 Å². The molecule has 0 atom stereocenters. The van der Waals surface area contributed by atoms with Crippen LogP contribution in [0, 0.1) is 0 Å². The number of para-hydroxylation sites is 2. The lowest BCUT2D eigenvalue weighted by Crippen LogP contribution is -2.13. The fourth-order valence-electron chi connectivity index (χ4n) is 3.71. The highest BCUT2D eigenvalue weighted by Crippen LogP contribution is 2.37. The van der Waals surface area contributed by atoms with Crippen LogP contribution in [0.5, 0.6) is 5.75 Å². The number of aromatic nitrogens is 1. The van der Waals surface area contributed by atoms with Gasteiger partial charge in [-0.25, -0.2) is 9.78 Å². The third-order valence-corrected chi connectivity index (χ3v) is 4.85. The summed E-state index contributed by atoms with van der Waals surface area (Å²) in [6, 6.07) is 13.7. The Kier molecular flexibility index (Phi) is 4.77. The summed E-state index contributed by atoms with van der Waals surface area (Å²) in [5.41, 5.74) is 3.51. The van der Waals surface area contributed by atoms with E-state index in [-0.39, 0.29) is 11.3 Å². The number of ether oxygens (including phenoxy) is 1. The summed E-state index contributed by atoms with van der Waals surface area (Å²) >= 11 is 0. The van der Waals surface area contributed by atoms with Crippen LogP contribution in [0.15, 0.2) is 48.5 Å². The molecule has 0 spiro atoms.